The van der Waals surface area contributed by atoms with Gasteiger partial charge < -0.3 is 15.4 Å². The van der Waals surface area contributed by atoms with Crippen LogP contribution >= 0.6 is 0 Å². The van der Waals surface area contributed by atoms with Crippen molar-refractivity contribution in [3.8, 4) is 0 Å². The molecule has 1 atom stereocenters. The molecule has 0 aromatic heterocycles. The molecule has 2 N–H and O–H groups in total. The topological polar surface area (TPSA) is 50.4 Å². The monoisotopic (exact) mass is 290 g/mol. The maximum absolute atomic E-state index is 11.6. The Hall–Kier alpha value is -1.55. The number of anilines is 1. The van der Waals surface area contributed by atoms with Crippen molar-refractivity contribution in [1.29, 1.82) is 0 Å². The average molecular weight is 290 g/mol. The van der Waals surface area contributed by atoms with Gasteiger partial charge in [-0.2, -0.15) is 0 Å². The van der Waals surface area contributed by atoms with E-state index in [1.54, 1.807) is 7.05 Å². The zero-order valence-electron chi connectivity index (χ0n) is 13.6. The first-order valence-corrected chi connectivity index (χ1v) is 7.49. The van der Waals surface area contributed by atoms with E-state index in [4.69, 9.17) is 4.74 Å². The van der Waals surface area contributed by atoms with Crippen molar-refractivity contribution in [1.82, 2.24) is 5.32 Å². The van der Waals surface area contributed by atoms with Crippen molar-refractivity contribution < 1.29 is 9.53 Å². The molecule has 1 aliphatic heterocycles. The standard InChI is InChI=1S/C17H26N2O2/c1-16(2)11-14(17(3,4)21-16)19-13-9-7-6-8-12(13)10-15(20)18-5/h6-9,14,19H,10-11H2,1-5H3,(H,18,20). The molecule has 2 rings (SSSR count). The van der Waals surface area contributed by atoms with Gasteiger partial charge in [0.1, 0.15) is 0 Å². The summed E-state index contributed by atoms with van der Waals surface area (Å²) in [6, 6.07) is 8.19. The zero-order valence-corrected chi connectivity index (χ0v) is 13.6. The Bertz CT molecular complexity index is 523. The minimum Gasteiger partial charge on any atom is -0.379 e. The molecule has 1 aromatic carbocycles. The third-order valence-electron chi connectivity index (χ3n) is 4.05. The second-order valence-corrected chi connectivity index (χ2v) is 6.87. The van der Waals surface area contributed by atoms with Crippen LogP contribution in [0.4, 0.5) is 5.69 Å². The number of carbonyl (C=O) groups excluding carboxylic acids is 1. The number of likely N-dealkylation sites (N-methyl/N-ethyl adjacent to an activating group) is 1. The van der Waals surface area contributed by atoms with Gasteiger partial charge in [-0.05, 0) is 45.7 Å². The lowest BCUT2D eigenvalue weighted by Gasteiger charge is -2.29. The molecular weight excluding hydrogens is 264 g/mol. The van der Waals surface area contributed by atoms with Gasteiger partial charge >= 0.3 is 0 Å². The Morgan fingerprint density at radius 2 is 1.95 bits per heavy atom. The molecule has 0 aliphatic carbocycles. The van der Waals surface area contributed by atoms with Crippen molar-refractivity contribution in [2.45, 2.75) is 57.8 Å². The Kier molecular flexibility index (Phi) is 4.28. The molecule has 0 radical (unpaired) electrons. The van der Waals surface area contributed by atoms with Gasteiger partial charge in [0, 0.05) is 12.7 Å². The molecule has 0 saturated carbocycles. The molecule has 1 aliphatic rings. The number of benzene rings is 1. The number of hydrogen-bond acceptors (Lipinski definition) is 3. The van der Waals surface area contributed by atoms with Gasteiger partial charge in [-0.1, -0.05) is 18.2 Å². The Morgan fingerprint density at radius 1 is 1.29 bits per heavy atom. The van der Waals surface area contributed by atoms with Crippen LogP contribution in [0.2, 0.25) is 0 Å². The molecule has 1 saturated heterocycles. The van der Waals surface area contributed by atoms with Crippen LogP contribution in [0.3, 0.4) is 0 Å². The molecule has 4 heteroatoms. The summed E-state index contributed by atoms with van der Waals surface area (Å²) in [7, 11) is 1.66. The molecule has 1 fully saturated rings. The molecular formula is C17H26N2O2. The van der Waals surface area contributed by atoms with E-state index in [2.05, 4.69) is 38.3 Å². The molecule has 1 amide bonds. The van der Waals surface area contributed by atoms with Gasteiger partial charge in [-0.25, -0.2) is 0 Å². The summed E-state index contributed by atoms with van der Waals surface area (Å²) >= 11 is 0. The summed E-state index contributed by atoms with van der Waals surface area (Å²) in [5.41, 5.74) is 1.67. The van der Waals surface area contributed by atoms with E-state index in [-0.39, 0.29) is 23.2 Å². The number of para-hydroxylation sites is 1. The Balaban J connectivity index is 2.18. The van der Waals surface area contributed by atoms with Gasteiger partial charge in [0.15, 0.2) is 0 Å². The summed E-state index contributed by atoms with van der Waals surface area (Å²) < 4.78 is 6.12. The number of carbonyl (C=O) groups is 1. The molecule has 0 spiro atoms. The number of ether oxygens (including phenoxy) is 1. The van der Waals surface area contributed by atoms with Crippen molar-refractivity contribution in [3.63, 3.8) is 0 Å². The first-order valence-electron chi connectivity index (χ1n) is 7.49. The quantitative estimate of drug-likeness (QED) is 0.896. The molecule has 4 nitrogen and oxygen atoms in total. The lowest BCUT2D eigenvalue weighted by atomic mass is 9.93. The van der Waals surface area contributed by atoms with Crippen LogP contribution in [0.5, 0.6) is 0 Å². The first-order chi connectivity index (χ1) is 9.73. The summed E-state index contributed by atoms with van der Waals surface area (Å²) in [5, 5.41) is 6.25. The highest BCUT2D eigenvalue weighted by Crippen LogP contribution is 2.39. The fourth-order valence-corrected chi connectivity index (χ4v) is 3.05. The number of hydrogen-bond donors (Lipinski definition) is 2. The van der Waals surface area contributed by atoms with Crippen LogP contribution in [0.15, 0.2) is 24.3 Å². The number of nitrogens with one attached hydrogen (secondary N) is 2. The maximum Gasteiger partial charge on any atom is 0.224 e. The van der Waals surface area contributed by atoms with Crippen molar-refractivity contribution >= 4 is 11.6 Å². The predicted molar refractivity (Wildman–Crippen MR) is 85.5 cm³/mol. The normalized spacial score (nSPS) is 22.8. The van der Waals surface area contributed by atoms with E-state index in [9.17, 15) is 4.79 Å². The minimum absolute atomic E-state index is 0.0199. The molecule has 116 valence electrons. The van der Waals surface area contributed by atoms with E-state index in [0.29, 0.717) is 6.42 Å². The van der Waals surface area contributed by atoms with Gasteiger partial charge in [-0.15, -0.1) is 0 Å². The second-order valence-electron chi connectivity index (χ2n) is 6.87. The SMILES string of the molecule is CNC(=O)Cc1ccccc1NC1CC(C)(C)OC1(C)C. The van der Waals surface area contributed by atoms with Gasteiger partial charge in [0.2, 0.25) is 5.91 Å². The van der Waals surface area contributed by atoms with Crippen molar-refractivity contribution in [3.05, 3.63) is 29.8 Å². The fourth-order valence-electron chi connectivity index (χ4n) is 3.05. The number of rotatable bonds is 4. The lowest BCUT2D eigenvalue weighted by molar-refractivity contribution is -0.119. The Labute approximate surface area is 127 Å². The van der Waals surface area contributed by atoms with Crippen molar-refractivity contribution in [2.24, 2.45) is 0 Å². The third-order valence-corrected chi connectivity index (χ3v) is 4.05. The molecule has 0 bridgehead atoms. The molecule has 21 heavy (non-hydrogen) atoms. The summed E-state index contributed by atoms with van der Waals surface area (Å²) in [6.45, 7) is 8.46. The highest BCUT2D eigenvalue weighted by Gasteiger charge is 2.45. The van der Waals surface area contributed by atoms with Gasteiger partial charge in [0.25, 0.3) is 0 Å². The van der Waals surface area contributed by atoms with Crippen LogP contribution < -0.4 is 10.6 Å². The third kappa shape index (κ3) is 3.76. The van der Waals surface area contributed by atoms with E-state index >= 15 is 0 Å². The smallest absolute Gasteiger partial charge is 0.224 e. The lowest BCUT2D eigenvalue weighted by Crippen LogP contribution is -2.38. The summed E-state index contributed by atoms with van der Waals surface area (Å²) in [6.07, 6.45) is 1.32. The van der Waals surface area contributed by atoms with E-state index in [0.717, 1.165) is 17.7 Å². The van der Waals surface area contributed by atoms with Crippen LogP contribution in [0.25, 0.3) is 0 Å². The van der Waals surface area contributed by atoms with Crippen LogP contribution in [-0.4, -0.2) is 30.2 Å². The zero-order chi connectivity index (χ0) is 15.7. The molecule has 1 aromatic rings. The van der Waals surface area contributed by atoms with Crippen LogP contribution in [-0.2, 0) is 16.0 Å². The molecule has 1 heterocycles. The highest BCUT2D eigenvalue weighted by atomic mass is 16.5. The summed E-state index contributed by atoms with van der Waals surface area (Å²) in [4.78, 5) is 11.6. The second kappa shape index (κ2) is 5.68. The fraction of sp³-hybridized carbons (Fsp3) is 0.588. The summed E-state index contributed by atoms with van der Waals surface area (Å²) in [5.74, 6) is 0.0199. The van der Waals surface area contributed by atoms with Crippen molar-refractivity contribution in [2.75, 3.05) is 12.4 Å². The van der Waals surface area contributed by atoms with Gasteiger partial charge in [0.05, 0.1) is 23.7 Å². The van der Waals surface area contributed by atoms with E-state index in [1.807, 2.05) is 24.3 Å². The first kappa shape index (κ1) is 15.8. The molecule has 1 unspecified atom stereocenters. The largest absolute Gasteiger partial charge is 0.379 e. The number of amides is 1. The van der Waals surface area contributed by atoms with E-state index in [1.165, 1.54) is 0 Å². The minimum atomic E-state index is -0.233. The van der Waals surface area contributed by atoms with E-state index < -0.39 is 0 Å². The highest BCUT2D eigenvalue weighted by molar-refractivity contribution is 5.80. The Morgan fingerprint density at radius 3 is 2.52 bits per heavy atom. The van der Waals surface area contributed by atoms with Gasteiger partial charge in [-0.3, -0.25) is 4.79 Å². The van der Waals surface area contributed by atoms with Crippen LogP contribution in [0.1, 0.15) is 39.7 Å². The predicted octanol–water partition coefficient (Wildman–Crippen LogP) is 2.73. The van der Waals surface area contributed by atoms with Crippen LogP contribution in [0, 0.1) is 0 Å². The average Bonchev–Trinajstić information content (AvgIpc) is 2.59. The maximum atomic E-state index is 11.6.